The number of amides is 1. The second-order valence-corrected chi connectivity index (χ2v) is 9.46. The lowest BCUT2D eigenvalue weighted by atomic mass is 10.1. The van der Waals surface area contributed by atoms with E-state index in [9.17, 15) is 18.4 Å². The quantitative estimate of drug-likeness (QED) is 0.297. The minimum atomic E-state index is -1.08. The predicted octanol–water partition coefficient (Wildman–Crippen LogP) is 5.07. The van der Waals surface area contributed by atoms with Gasteiger partial charge in [0.1, 0.15) is 11.4 Å². The summed E-state index contributed by atoms with van der Waals surface area (Å²) in [4.78, 5) is 34.9. The Morgan fingerprint density at radius 1 is 0.925 bits per heavy atom. The fraction of sp³-hybridized carbons (Fsp3) is 0.138. The molecule has 7 rings (SSSR count). The van der Waals surface area contributed by atoms with Gasteiger partial charge in [-0.1, -0.05) is 12.1 Å². The van der Waals surface area contributed by atoms with Crippen molar-refractivity contribution in [1.82, 2.24) is 24.5 Å². The van der Waals surface area contributed by atoms with Gasteiger partial charge in [-0.05, 0) is 42.5 Å². The molecular formula is C29H21F2N5O4. The topological polar surface area (TPSA) is 105 Å². The zero-order valence-corrected chi connectivity index (χ0v) is 20.9. The van der Waals surface area contributed by atoms with E-state index in [1.165, 1.54) is 18.3 Å². The number of rotatable bonds is 5. The monoisotopic (exact) mass is 541 g/mol. The maximum Gasteiger partial charge on any atom is 0.254 e. The first-order valence-corrected chi connectivity index (χ1v) is 12.6. The molecule has 9 nitrogen and oxygen atoms in total. The number of ether oxygens (including phenoxy) is 2. The summed E-state index contributed by atoms with van der Waals surface area (Å²) >= 11 is 0. The highest BCUT2D eigenvalue weighted by atomic mass is 19.2. The molecule has 0 unspecified atom stereocenters. The van der Waals surface area contributed by atoms with Gasteiger partial charge in [-0.25, -0.2) is 8.91 Å². The number of carbonyl (C=O) groups is 2. The van der Waals surface area contributed by atoms with Crippen LogP contribution in [-0.4, -0.2) is 62.5 Å². The highest BCUT2D eigenvalue weighted by Gasteiger charge is 2.24. The van der Waals surface area contributed by atoms with Crippen LogP contribution in [0.3, 0.4) is 0 Å². The Balaban J connectivity index is 1.22. The number of aromatic nitrogens is 4. The third kappa shape index (κ3) is 3.90. The largest absolute Gasteiger partial charge is 0.454 e. The van der Waals surface area contributed by atoms with Gasteiger partial charge in [-0.15, -0.1) is 0 Å². The number of nitrogens with zero attached hydrogens (tertiary/aromatic N) is 3. The van der Waals surface area contributed by atoms with Crippen LogP contribution >= 0.6 is 0 Å². The summed E-state index contributed by atoms with van der Waals surface area (Å²) < 4.78 is 40.1. The summed E-state index contributed by atoms with van der Waals surface area (Å²) in [6, 6.07) is 15.7. The highest BCUT2D eigenvalue weighted by molar-refractivity contribution is 6.15. The second kappa shape index (κ2) is 9.31. The number of fused-ring (bicyclic) bond motifs is 4. The molecule has 3 aromatic carbocycles. The number of benzene rings is 3. The van der Waals surface area contributed by atoms with E-state index in [0.29, 0.717) is 70.7 Å². The SMILES string of the molecule is O=C(c1cc2c(C(=O)N3CCOCC3)cccc2[nH]1)c1cnn2c1[nH]c1cc(Oc3cccc(F)c3F)ccc12. The Bertz CT molecular complexity index is 1950. The minimum Gasteiger partial charge on any atom is -0.454 e. The van der Waals surface area contributed by atoms with E-state index in [2.05, 4.69) is 15.1 Å². The van der Waals surface area contributed by atoms with Crippen LogP contribution in [0.4, 0.5) is 8.78 Å². The molecule has 2 N–H and O–H groups in total. The molecular weight excluding hydrogens is 520 g/mol. The van der Waals surface area contributed by atoms with Crippen molar-refractivity contribution in [1.29, 1.82) is 0 Å². The van der Waals surface area contributed by atoms with Gasteiger partial charge >= 0.3 is 0 Å². The molecule has 0 saturated carbocycles. The molecule has 0 bridgehead atoms. The van der Waals surface area contributed by atoms with Gasteiger partial charge in [0.05, 0.1) is 41.7 Å². The van der Waals surface area contributed by atoms with E-state index < -0.39 is 11.6 Å². The predicted molar refractivity (Wildman–Crippen MR) is 142 cm³/mol. The van der Waals surface area contributed by atoms with Crippen molar-refractivity contribution in [3.8, 4) is 11.5 Å². The fourth-order valence-corrected chi connectivity index (χ4v) is 5.04. The van der Waals surface area contributed by atoms with Gasteiger partial charge < -0.3 is 24.3 Å². The lowest BCUT2D eigenvalue weighted by Gasteiger charge is -2.27. The van der Waals surface area contributed by atoms with Crippen molar-refractivity contribution in [2.24, 2.45) is 0 Å². The first-order valence-electron chi connectivity index (χ1n) is 12.6. The van der Waals surface area contributed by atoms with Crippen LogP contribution in [-0.2, 0) is 4.74 Å². The smallest absolute Gasteiger partial charge is 0.254 e. The van der Waals surface area contributed by atoms with Crippen LogP contribution in [0.5, 0.6) is 11.5 Å². The van der Waals surface area contributed by atoms with Gasteiger partial charge in [0.15, 0.2) is 11.6 Å². The van der Waals surface area contributed by atoms with Crippen LogP contribution in [0, 0.1) is 11.6 Å². The molecule has 0 radical (unpaired) electrons. The average molecular weight is 542 g/mol. The second-order valence-electron chi connectivity index (χ2n) is 9.46. The Morgan fingerprint density at radius 2 is 1.75 bits per heavy atom. The Morgan fingerprint density at radius 3 is 2.60 bits per heavy atom. The van der Waals surface area contributed by atoms with E-state index in [1.807, 2.05) is 6.07 Å². The number of hydrogen-bond acceptors (Lipinski definition) is 5. The molecule has 3 aromatic heterocycles. The first-order chi connectivity index (χ1) is 19.5. The van der Waals surface area contributed by atoms with Crippen LogP contribution in [0.25, 0.3) is 27.6 Å². The van der Waals surface area contributed by atoms with Gasteiger partial charge in [0, 0.05) is 35.6 Å². The van der Waals surface area contributed by atoms with E-state index >= 15 is 0 Å². The number of aromatic amines is 2. The molecule has 11 heteroatoms. The standard InChI is InChI=1S/C29H21F2N5O4/c30-20-4-2-6-25(26(20)31)40-16-7-8-24-22(13-16)34-28-19(15-32-36(24)28)27(37)23-14-18-17(3-1-5-21(18)33-23)29(38)35-9-11-39-12-10-35/h1-8,13-15,33-34H,9-12H2. The molecule has 1 aliphatic rings. The van der Waals surface area contributed by atoms with Gasteiger partial charge in [0.25, 0.3) is 5.91 Å². The van der Waals surface area contributed by atoms with Crippen LogP contribution in [0.2, 0.25) is 0 Å². The number of morpholine rings is 1. The zero-order chi connectivity index (χ0) is 27.4. The summed E-state index contributed by atoms with van der Waals surface area (Å²) in [5, 5.41) is 5.04. The number of ketones is 1. The summed E-state index contributed by atoms with van der Waals surface area (Å²) in [7, 11) is 0. The van der Waals surface area contributed by atoms with Crippen molar-refractivity contribution >= 4 is 39.3 Å². The Hall–Kier alpha value is -5.03. The highest BCUT2D eigenvalue weighted by Crippen LogP contribution is 2.30. The van der Waals surface area contributed by atoms with Crippen LogP contribution < -0.4 is 4.74 Å². The lowest BCUT2D eigenvalue weighted by molar-refractivity contribution is 0.0304. The molecule has 0 spiro atoms. The molecule has 200 valence electrons. The third-order valence-electron chi connectivity index (χ3n) is 7.04. The van der Waals surface area contributed by atoms with Gasteiger partial charge in [-0.2, -0.15) is 9.49 Å². The maximum absolute atomic E-state index is 14.1. The lowest BCUT2D eigenvalue weighted by Crippen LogP contribution is -2.40. The maximum atomic E-state index is 14.1. The van der Waals surface area contributed by atoms with Crippen molar-refractivity contribution < 1.29 is 27.8 Å². The van der Waals surface area contributed by atoms with E-state index in [4.69, 9.17) is 9.47 Å². The minimum absolute atomic E-state index is 0.105. The molecule has 0 aliphatic carbocycles. The van der Waals surface area contributed by atoms with Crippen LogP contribution in [0.1, 0.15) is 26.4 Å². The van der Waals surface area contributed by atoms with Crippen molar-refractivity contribution in [2.45, 2.75) is 0 Å². The van der Waals surface area contributed by atoms with Crippen molar-refractivity contribution in [3.05, 3.63) is 95.3 Å². The zero-order valence-electron chi connectivity index (χ0n) is 20.9. The van der Waals surface area contributed by atoms with E-state index in [1.54, 1.807) is 45.8 Å². The summed E-state index contributed by atoms with van der Waals surface area (Å²) in [5.74, 6) is -2.45. The first kappa shape index (κ1) is 24.0. The molecule has 6 aromatic rings. The molecule has 1 amide bonds. The Kier molecular flexibility index (Phi) is 5.60. The average Bonchev–Trinajstić information content (AvgIpc) is 3.68. The number of hydrogen-bond donors (Lipinski definition) is 2. The fourth-order valence-electron chi connectivity index (χ4n) is 5.04. The van der Waals surface area contributed by atoms with E-state index in [-0.39, 0.29) is 23.2 Å². The third-order valence-corrected chi connectivity index (χ3v) is 7.04. The molecule has 1 fully saturated rings. The van der Waals surface area contributed by atoms with Crippen molar-refractivity contribution in [2.75, 3.05) is 26.3 Å². The van der Waals surface area contributed by atoms with Gasteiger partial charge in [-0.3, -0.25) is 9.59 Å². The Labute approximate surface area is 224 Å². The number of imidazole rings is 1. The molecule has 1 aliphatic heterocycles. The summed E-state index contributed by atoms with van der Waals surface area (Å²) in [6.07, 6.45) is 1.48. The number of nitrogens with one attached hydrogen (secondary N) is 2. The molecule has 40 heavy (non-hydrogen) atoms. The summed E-state index contributed by atoms with van der Waals surface area (Å²) in [6.45, 7) is 2.03. The summed E-state index contributed by atoms with van der Waals surface area (Å²) in [5.41, 5.74) is 3.53. The normalized spacial score (nSPS) is 13.9. The number of H-pyrrole nitrogens is 2. The molecule has 1 saturated heterocycles. The van der Waals surface area contributed by atoms with E-state index in [0.717, 1.165) is 6.07 Å². The van der Waals surface area contributed by atoms with Crippen molar-refractivity contribution in [3.63, 3.8) is 0 Å². The van der Waals surface area contributed by atoms with Gasteiger partial charge in [0.2, 0.25) is 11.6 Å². The number of halogens is 2. The molecule has 0 atom stereocenters. The van der Waals surface area contributed by atoms with Crippen LogP contribution in [0.15, 0.2) is 66.9 Å². The molecule has 4 heterocycles. The number of carbonyl (C=O) groups excluding carboxylic acids is 2.